The molecule has 4 atom stereocenters. The predicted octanol–water partition coefficient (Wildman–Crippen LogP) is 1.50. The molecule has 10 heteroatoms. The van der Waals surface area contributed by atoms with Gasteiger partial charge in [-0.15, -0.1) is 0 Å². The molecule has 0 radical (unpaired) electrons. The van der Waals surface area contributed by atoms with Crippen LogP contribution in [0.4, 0.5) is 10.2 Å². The Kier molecular flexibility index (Phi) is 7.05. The van der Waals surface area contributed by atoms with E-state index in [0.29, 0.717) is 17.8 Å². The standard InChI is InChI=1S/C24H25FN4O5/c25-19-11-29(23(32)13-31)6-4-21(19)34-20-2-1-14(7-16(20)10-26)15-3-5-27-22(9-15)28-24(33)18-8-17(18)12-30/h1-3,5,7,9,17-19,21,30-31H,4,6,8,11-13H2,(H,27,28,33)/t17?,18-,19-,21+/m1/s1. The van der Waals surface area contributed by atoms with Crippen LogP contribution in [0.15, 0.2) is 36.5 Å². The molecule has 2 heterocycles. The first-order valence-electron chi connectivity index (χ1n) is 11.0. The Morgan fingerprint density at radius 2 is 2.06 bits per heavy atom. The highest BCUT2D eigenvalue weighted by Gasteiger charge is 2.42. The average Bonchev–Trinajstić information content (AvgIpc) is 3.65. The lowest BCUT2D eigenvalue weighted by Crippen LogP contribution is -2.50. The fraction of sp³-hybridized carbons (Fsp3) is 0.417. The van der Waals surface area contributed by atoms with E-state index in [-0.39, 0.29) is 55.2 Å². The number of amides is 2. The van der Waals surface area contributed by atoms with Crippen LogP contribution in [0.1, 0.15) is 18.4 Å². The molecule has 1 unspecified atom stereocenters. The predicted molar refractivity (Wildman–Crippen MR) is 119 cm³/mol. The van der Waals surface area contributed by atoms with Crippen molar-refractivity contribution in [3.05, 3.63) is 42.1 Å². The molecule has 1 saturated carbocycles. The van der Waals surface area contributed by atoms with Gasteiger partial charge in [0.05, 0.1) is 12.1 Å². The summed E-state index contributed by atoms with van der Waals surface area (Å²) in [4.78, 5) is 29.2. The minimum Gasteiger partial charge on any atom is -0.486 e. The van der Waals surface area contributed by atoms with Gasteiger partial charge in [0.2, 0.25) is 11.8 Å². The number of piperidine rings is 1. The number of alkyl halides is 1. The summed E-state index contributed by atoms with van der Waals surface area (Å²) < 4.78 is 20.4. The van der Waals surface area contributed by atoms with E-state index < -0.39 is 24.8 Å². The van der Waals surface area contributed by atoms with E-state index in [1.807, 2.05) is 0 Å². The second-order valence-corrected chi connectivity index (χ2v) is 8.49. The van der Waals surface area contributed by atoms with Crippen molar-refractivity contribution in [2.45, 2.75) is 25.1 Å². The van der Waals surface area contributed by atoms with Gasteiger partial charge in [0, 0.05) is 31.7 Å². The molecule has 1 aromatic carbocycles. The molecule has 178 valence electrons. The first-order chi connectivity index (χ1) is 16.4. The van der Waals surface area contributed by atoms with Gasteiger partial charge in [-0.3, -0.25) is 9.59 Å². The number of benzene rings is 1. The molecule has 1 saturated heterocycles. The minimum atomic E-state index is -1.45. The smallest absolute Gasteiger partial charge is 0.248 e. The van der Waals surface area contributed by atoms with Gasteiger partial charge < -0.3 is 25.2 Å². The third-order valence-electron chi connectivity index (χ3n) is 6.19. The van der Waals surface area contributed by atoms with Crippen molar-refractivity contribution in [1.29, 1.82) is 5.26 Å². The number of rotatable bonds is 7. The van der Waals surface area contributed by atoms with Crippen LogP contribution in [0, 0.1) is 23.2 Å². The zero-order chi connectivity index (χ0) is 24.2. The second kappa shape index (κ2) is 10.2. The summed E-state index contributed by atoms with van der Waals surface area (Å²) in [6.45, 7) is -0.590. The Balaban J connectivity index is 1.45. The van der Waals surface area contributed by atoms with Crippen molar-refractivity contribution in [3.63, 3.8) is 0 Å². The zero-order valence-electron chi connectivity index (χ0n) is 18.4. The minimum absolute atomic E-state index is 0.000218. The number of anilines is 1. The molecule has 1 aromatic heterocycles. The molecular weight excluding hydrogens is 443 g/mol. The number of hydrogen-bond donors (Lipinski definition) is 3. The first-order valence-corrected chi connectivity index (χ1v) is 11.0. The second-order valence-electron chi connectivity index (χ2n) is 8.49. The summed E-state index contributed by atoms with van der Waals surface area (Å²) in [6.07, 6.45) is 0.191. The number of halogens is 1. The van der Waals surface area contributed by atoms with Crippen molar-refractivity contribution >= 4 is 17.6 Å². The van der Waals surface area contributed by atoms with E-state index >= 15 is 0 Å². The number of hydrogen-bond acceptors (Lipinski definition) is 7. The number of pyridine rings is 1. The summed E-state index contributed by atoms with van der Waals surface area (Å²) in [5.41, 5.74) is 1.65. The van der Waals surface area contributed by atoms with Gasteiger partial charge >= 0.3 is 0 Å². The van der Waals surface area contributed by atoms with Gasteiger partial charge in [-0.1, -0.05) is 6.07 Å². The molecule has 2 aliphatic rings. The van der Waals surface area contributed by atoms with Gasteiger partial charge in [0.1, 0.15) is 30.3 Å². The summed E-state index contributed by atoms with van der Waals surface area (Å²) in [7, 11) is 0. The van der Waals surface area contributed by atoms with Gasteiger partial charge in [0.25, 0.3) is 0 Å². The van der Waals surface area contributed by atoms with Gasteiger partial charge in [-0.05, 0) is 47.7 Å². The number of nitrogens with one attached hydrogen (secondary N) is 1. The number of nitriles is 1. The highest BCUT2D eigenvalue weighted by Crippen LogP contribution is 2.38. The van der Waals surface area contributed by atoms with Crippen LogP contribution in [-0.4, -0.2) is 70.5 Å². The lowest BCUT2D eigenvalue weighted by atomic mass is 10.0. The maximum absolute atomic E-state index is 14.6. The normalized spacial score (nSPS) is 23.6. The summed E-state index contributed by atoms with van der Waals surface area (Å²) in [5.74, 6) is -0.300. The average molecular weight is 468 g/mol. The lowest BCUT2D eigenvalue weighted by molar-refractivity contribution is -0.138. The van der Waals surface area contributed by atoms with Crippen LogP contribution in [0.25, 0.3) is 11.1 Å². The van der Waals surface area contributed by atoms with Crippen LogP contribution in [0.5, 0.6) is 5.75 Å². The van der Waals surface area contributed by atoms with Crippen molar-refractivity contribution in [1.82, 2.24) is 9.88 Å². The van der Waals surface area contributed by atoms with Crippen LogP contribution in [0.3, 0.4) is 0 Å². The Bertz CT molecular complexity index is 1120. The molecule has 34 heavy (non-hydrogen) atoms. The maximum atomic E-state index is 14.6. The summed E-state index contributed by atoms with van der Waals surface area (Å²) in [6, 6.07) is 10.5. The summed E-state index contributed by atoms with van der Waals surface area (Å²) in [5, 5.41) is 30.5. The van der Waals surface area contributed by atoms with Crippen molar-refractivity contribution < 1.29 is 28.9 Å². The molecule has 2 fully saturated rings. The molecule has 9 nitrogen and oxygen atoms in total. The number of nitrogens with zero attached hydrogens (tertiary/aromatic N) is 3. The number of likely N-dealkylation sites (tertiary alicyclic amines) is 1. The maximum Gasteiger partial charge on any atom is 0.248 e. The number of ether oxygens (including phenoxy) is 1. The topological polar surface area (TPSA) is 136 Å². The number of carbonyl (C=O) groups is 2. The fourth-order valence-electron chi connectivity index (χ4n) is 4.07. The molecule has 0 bridgehead atoms. The summed E-state index contributed by atoms with van der Waals surface area (Å²) >= 11 is 0. The quantitative estimate of drug-likeness (QED) is 0.560. The van der Waals surface area contributed by atoms with Crippen LogP contribution in [0.2, 0.25) is 0 Å². The van der Waals surface area contributed by atoms with Crippen LogP contribution in [-0.2, 0) is 9.59 Å². The van der Waals surface area contributed by atoms with E-state index in [4.69, 9.17) is 14.9 Å². The van der Waals surface area contributed by atoms with Crippen LogP contribution < -0.4 is 10.1 Å². The number of aliphatic hydroxyl groups excluding tert-OH is 2. The number of aromatic nitrogens is 1. The molecule has 1 aliphatic heterocycles. The molecule has 1 aliphatic carbocycles. The van der Waals surface area contributed by atoms with E-state index in [1.165, 1.54) is 4.90 Å². The lowest BCUT2D eigenvalue weighted by Gasteiger charge is -2.34. The number of aliphatic hydroxyl groups is 2. The molecule has 4 rings (SSSR count). The van der Waals surface area contributed by atoms with Crippen molar-refractivity contribution in [2.75, 3.05) is 31.6 Å². The number of carbonyl (C=O) groups excluding carboxylic acids is 2. The van der Waals surface area contributed by atoms with Crippen molar-refractivity contribution in [3.8, 4) is 22.9 Å². The van der Waals surface area contributed by atoms with E-state index in [9.17, 15) is 19.2 Å². The zero-order valence-corrected chi connectivity index (χ0v) is 18.4. The Morgan fingerprint density at radius 3 is 2.74 bits per heavy atom. The third kappa shape index (κ3) is 5.16. The van der Waals surface area contributed by atoms with Gasteiger partial charge in [-0.25, -0.2) is 9.37 Å². The largest absolute Gasteiger partial charge is 0.486 e. The van der Waals surface area contributed by atoms with Crippen LogP contribution >= 0.6 is 0 Å². The Hall–Kier alpha value is -3.55. The SMILES string of the molecule is N#Cc1cc(-c2ccnc(NC(=O)[C@@H]3CC3CO)c2)ccc1O[C@H]1CCN(C(=O)CO)C[C@H]1F. The van der Waals surface area contributed by atoms with Gasteiger partial charge in [0.15, 0.2) is 6.17 Å². The fourth-order valence-corrected chi connectivity index (χ4v) is 4.07. The van der Waals surface area contributed by atoms with Crippen molar-refractivity contribution in [2.24, 2.45) is 11.8 Å². The molecule has 3 N–H and O–H groups in total. The molecule has 2 aromatic rings. The Labute approximate surface area is 195 Å². The molecule has 0 spiro atoms. The van der Waals surface area contributed by atoms with E-state index in [2.05, 4.69) is 16.4 Å². The van der Waals surface area contributed by atoms with E-state index in [0.717, 1.165) is 5.56 Å². The monoisotopic (exact) mass is 468 g/mol. The first kappa shape index (κ1) is 23.6. The van der Waals surface area contributed by atoms with Gasteiger partial charge in [-0.2, -0.15) is 5.26 Å². The third-order valence-corrected chi connectivity index (χ3v) is 6.19. The molecular formula is C24H25FN4O5. The molecule has 2 amide bonds. The van der Waals surface area contributed by atoms with E-state index in [1.54, 1.807) is 36.5 Å². The highest BCUT2D eigenvalue weighted by molar-refractivity contribution is 5.94. The Morgan fingerprint density at radius 1 is 1.26 bits per heavy atom. The highest BCUT2D eigenvalue weighted by atomic mass is 19.1.